The first-order valence-corrected chi connectivity index (χ1v) is 18.2. The predicted molar refractivity (Wildman–Crippen MR) is 161 cm³/mol. The molecule has 1 aromatic rings. The first kappa shape index (κ1) is 23.2. The van der Waals surface area contributed by atoms with Crippen LogP contribution in [0.1, 0.15) is 13.8 Å². The van der Waals surface area contributed by atoms with E-state index in [2.05, 4.69) is 54.6 Å². The van der Waals surface area contributed by atoms with E-state index in [1.165, 1.54) is 47.3 Å². The number of thioether (sulfide) groups is 10. The molecule has 0 bridgehead atoms. The summed E-state index contributed by atoms with van der Waals surface area (Å²) in [6.45, 7) is 4.50. The van der Waals surface area contributed by atoms with Crippen molar-refractivity contribution in [1.82, 2.24) is 0 Å². The van der Waals surface area contributed by atoms with Crippen LogP contribution in [0.3, 0.4) is 0 Å². The molecule has 11 heteroatoms. The second-order valence-electron chi connectivity index (χ2n) is 5.57. The molecule has 0 saturated carbocycles. The zero-order valence-electron chi connectivity index (χ0n) is 15.1. The van der Waals surface area contributed by atoms with Crippen molar-refractivity contribution in [3.63, 3.8) is 0 Å². The van der Waals surface area contributed by atoms with Gasteiger partial charge in [-0.1, -0.05) is 108 Å². The van der Waals surface area contributed by atoms with Gasteiger partial charge >= 0.3 is 0 Å². The maximum atomic E-state index is 2.40. The van der Waals surface area contributed by atoms with Gasteiger partial charge in [0, 0.05) is 13.4 Å². The topological polar surface area (TPSA) is 0 Å². The van der Waals surface area contributed by atoms with Gasteiger partial charge in [0.05, 0.1) is 33.9 Å². The Morgan fingerprint density at radius 1 is 0.621 bits per heavy atom. The molecule has 5 rings (SSSR count). The molecule has 0 spiro atoms. The van der Waals surface area contributed by atoms with Crippen LogP contribution in [-0.2, 0) is 0 Å². The third kappa shape index (κ3) is 5.09. The minimum atomic E-state index is 1.15. The molecular formula is C18H13IS10. The Labute approximate surface area is 228 Å². The Balaban J connectivity index is 1.27. The maximum absolute atomic E-state index is 2.40. The van der Waals surface area contributed by atoms with Gasteiger partial charge in [0.2, 0.25) is 0 Å². The molecule has 0 amide bonds. The highest BCUT2D eigenvalue weighted by Gasteiger charge is 2.36. The van der Waals surface area contributed by atoms with E-state index in [1.54, 1.807) is 0 Å². The van der Waals surface area contributed by atoms with Crippen LogP contribution >= 0.6 is 140 Å². The van der Waals surface area contributed by atoms with E-state index >= 15 is 0 Å². The molecule has 0 unspecified atom stereocenters. The van der Waals surface area contributed by atoms with Crippen LogP contribution in [0.15, 0.2) is 61.9 Å². The van der Waals surface area contributed by atoms with E-state index in [0.717, 1.165) is 11.5 Å². The molecule has 0 nitrogen and oxygen atoms in total. The summed E-state index contributed by atoms with van der Waals surface area (Å²) in [5.41, 5.74) is 0. The van der Waals surface area contributed by atoms with Gasteiger partial charge in [-0.05, 0) is 52.3 Å². The number of hydrogen-bond acceptors (Lipinski definition) is 10. The van der Waals surface area contributed by atoms with Gasteiger partial charge in [0.1, 0.15) is 0 Å². The summed E-state index contributed by atoms with van der Waals surface area (Å²) in [6, 6.07) is 6.77. The van der Waals surface area contributed by atoms with Gasteiger partial charge in [-0.25, -0.2) is 0 Å². The molecule has 4 aliphatic heterocycles. The predicted octanol–water partition coefficient (Wildman–Crippen LogP) is 10.9. The number of fused-ring (bicyclic) bond motifs is 1. The van der Waals surface area contributed by atoms with Crippen LogP contribution in [0.25, 0.3) is 0 Å². The molecule has 0 aliphatic carbocycles. The van der Waals surface area contributed by atoms with E-state index in [1.807, 2.05) is 118 Å². The summed E-state index contributed by atoms with van der Waals surface area (Å²) >= 11 is 22.2. The molecule has 152 valence electrons. The largest absolute Gasteiger partial charge is 0.118 e. The molecule has 0 aromatic heterocycles. The van der Waals surface area contributed by atoms with Crippen LogP contribution in [0.2, 0.25) is 0 Å². The summed E-state index contributed by atoms with van der Waals surface area (Å²) in [7, 11) is 0. The molecule has 0 fully saturated rings. The monoisotopic (exact) mass is 676 g/mol. The third-order valence-corrected chi connectivity index (χ3v) is 18.8. The summed E-state index contributed by atoms with van der Waals surface area (Å²) in [6.07, 6.45) is 0. The first-order chi connectivity index (χ1) is 14.1. The van der Waals surface area contributed by atoms with Gasteiger partial charge in [0.15, 0.2) is 0 Å². The van der Waals surface area contributed by atoms with E-state index in [9.17, 15) is 0 Å². The van der Waals surface area contributed by atoms with Crippen molar-refractivity contribution in [2.45, 2.75) is 23.6 Å². The summed E-state index contributed by atoms with van der Waals surface area (Å²) in [5.74, 6) is 2.29. The summed E-state index contributed by atoms with van der Waals surface area (Å²) in [4.78, 5) is 2.81. The van der Waals surface area contributed by atoms with Crippen molar-refractivity contribution < 1.29 is 0 Å². The second-order valence-corrected chi connectivity index (χ2v) is 19.7. The summed E-state index contributed by atoms with van der Waals surface area (Å²) < 4.78 is 13.2. The molecular weight excluding hydrogens is 664 g/mol. The SMILES string of the molecule is CCSC1=C(SCC)SC(=C2SC3=C(S2)SC(=C2Sc4ccc(I)cc4S2)S3)S1. The number of hydrogen-bond donors (Lipinski definition) is 0. The van der Waals surface area contributed by atoms with Crippen molar-refractivity contribution in [3.8, 4) is 0 Å². The van der Waals surface area contributed by atoms with Gasteiger partial charge in [-0.2, -0.15) is 0 Å². The highest BCUT2D eigenvalue weighted by molar-refractivity contribution is 14.1. The normalized spacial score (nSPS) is 21.2. The fourth-order valence-electron chi connectivity index (χ4n) is 2.50. The van der Waals surface area contributed by atoms with E-state index in [4.69, 9.17) is 0 Å². The van der Waals surface area contributed by atoms with Crippen molar-refractivity contribution in [3.05, 3.63) is 55.7 Å². The van der Waals surface area contributed by atoms with Crippen molar-refractivity contribution in [2.75, 3.05) is 11.5 Å². The highest BCUT2D eigenvalue weighted by atomic mass is 127. The third-order valence-electron chi connectivity index (χ3n) is 3.64. The minimum absolute atomic E-state index is 1.15. The van der Waals surface area contributed by atoms with Gasteiger partial charge < -0.3 is 0 Å². The Bertz CT molecular complexity index is 964. The van der Waals surface area contributed by atoms with Gasteiger partial charge in [-0.15, -0.1) is 23.5 Å². The second kappa shape index (κ2) is 10.4. The van der Waals surface area contributed by atoms with E-state index < -0.39 is 0 Å². The fraction of sp³-hybridized carbons (Fsp3) is 0.222. The number of benzene rings is 1. The highest BCUT2D eigenvalue weighted by Crippen LogP contribution is 2.72. The molecule has 0 radical (unpaired) electrons. The van der Waals surface area contributed by atoms with Crippen LogP contribution in [0.4, 0.5) is 0 Å². The lowest BCUT2D eigenvalue weighted by molar-refractivity contribution is 1.25. The number of rotatable bonds is 4. The molecule has 0 N–H and O–H groups in total. The van der Waals surface area contributed by atoms with Crippen LogP contribution < -0.4 is 0 Å². The van der Waals surface area contributed by atoms with Crippen LogP contribution in [-0.4, -0.2) is 11.5 Å². The molecule has 4 aliphatic rings. The maximum Gasteiger partial charge on any atom is 0.0718 e. The Hall–Kier alpha value is 2.41. The zero-order chi connectivity index (χ0) is 20.0. The minimum Gasteiger partial charge on any atom is -0.118 e. The van der Waals surface area contributed by atoms with Crippen molar-refractivity contribution in [2.24, 2.45) is 0 Å². The molecule has 1 aromatic carbocycles. The quantitative estimate of drug-likeness (QED) is 0.281. The van der Waals surface area contributed by atoms with E-state index in [-0.39, 0.29) is 0 Å². The molecule has 0 atom stereocenters. The Morgan fingerprint density at radius 3 is 1.59 bits per heavy atom. The van der Waals surface area contributed by atoms with Crippen molar-refractivity contribution in [1.29, 1.82) is 0 Å². The summed E-state index contributed by atoms with van der Waals surface area (Å²) in [5, 5.41) is 0. The zero-order valence-corrected chi connectivity index (χ0v) is 25.4. The van der Waals surface area contributed by atoms with Gasteiger partial charge in [0.25, 0.3) is 0 Å². The van der Waals surface area contributed by atoms with Gasteiger partial charge in [-0.3, -0.25) is 0 Å². The van der Waals surface area contributed by atoms with Crippen LogP contribution in [0.5, 0.6) is 0 Å². The lowest BCUT2D eigenvalue weighted by Gasteiger charge is -2.07. The molecule has 0 saturated heterocycles. The molecule has 29 heavy (non-hydrogen) atoms. The lowest BCUT2D eigenvalue weighted by atomic mass is 10.4. The van der Waals surface area contributed by atoms with E-state index in [0.29, 0.717) is 0 Å². The average Bonchev–Trinajstić information content (AvgIpc) is 3.43. The average molecular weight is 677 g/mol. The standard InChI is InChI=1S/C18H13IS10/c1-3-20-11-12(21-4-2)25-15(24-11)16-28-17-18(29-16)27-14(26-17)13-22-9-6-5-8(19)7-10(9)23-13/h5-7H,3-4H2,1-2H3. The van der Waals surface area contributed by atoms with Crippen molar-refractivity contribution >= 4 is 140 Å². The lowest BCUT2D eigenvalue weighted by Crippen LogP contribution is -1.72. The Morgan fingerprint density at radius 2 is 1.07 bits per heavy atom. The number of halogens is 1. The fourth-order valence-corrected chi connectivity index (χ4v) is 18.3. The first-order valence-electron chi connectivity index (χ1n) is 8.59. The van der Waals surface area contributed by atoms with Crippen LogP contribution in [0, 0.1) is 3.57 Å². The smallest absolute Gasteiger partial charge is 0.0718 e. The Kier molecular flexibility index (Phi) is 8.27. The molecule has 4 heterocycles.